The maximum Gasteiger partial charge on any atom is 0.319 e. The number of hydrogen-bond acceptors (Lipinski definition) is 4. The van der Waals surface area contributed by atoms with E-state index < -0.39 is 0 Å². The molecule has 104 valence electrons. The Kier molecular flexibility index (Phi) is 4.09. The van der Waals surface area contributed by atoms with Crippen molar-refractivity contribution in [3.63, 3.8) is 0 Å². The third kappa shape index (κ3) is 3.07. The number of carbonyl (C=O) groups is 1. The number of hydrogen-bond donors (Lipinski definition) is 1. The summed E-state index contributed by atoms with van der Waals surface area (Å²) < 4.78 is 0. The summed E-state index contributed by atoms with van der Waals surface area (Å²) in [6.07, 6.45) is 1.78. The second-order valence-corrected chi connectivity index (χ2v) is 4.71. The number of aromatic nitrogens is 1. The van der Waals surface area contributed by atoms with E-state index in [2.05, 4.69) is 9.88 Å². The lowest BCUT2D eigenvalue weighted by Crippen LogP contribution is -2.52. The van der Waals surface area contributed by atoms with Crippen LogP contribution in [0.5, 0.6) is 0 Å². The molecule has 2 N–H and O–H groups in total. The van der Waals surface area contributed by atoms with Gasteiger partial charge in [-0.2, -0.15) is 0 Å². The first-order valence-electron chi connectivity index (χ1n) is 6.58. The molecule has 6 nitrogen and oxygen atoms in total. The zero-order valence-electron chi connectivity index (χ0n) is 11.5. The second-order valence-electron chi connectivity index (χ2n) is 4.71. The molecular formula is C13H21N5O. The maximum absolute atomic E-state index is 12.0. The number of rotatable bonds is 2. The molecule has 0 bridgehead atoms. The highest BCUT2D eigenvalue weighted by Gasteiger charge is 2.23. The minimum absolute atomic E-state index is 0.109. The fourth-order valence-electron chi connectivity index (χ4n) is 2.12. The fourth-order valence-corrected chi connectivity index (χ4v) is 2.12. The van der Waals surface area contributed by atoms with Crippen LogP contribution in [0.1, 0.15) is 6.92 Å². The molecule has 6 heteroatoms. The molecule has 0 atom stereocenters. The molecule has 2 amide bonds. The lowest BCUT2D eigenvalue weighted by Gasteiger charge is -2.37. The Morgan fingerprint density at radius 2 is 2.05 bits per heavy atom. The van der Waals surface area contributed by atoms with E-state index in [1.165, 1.54) is 0 Å². The Labute approximate surface area is 113 Å². The zero-order valence-corrected chi connectivity index (χ0v) is 11.5. The molecule has 0 aliphatic carbocycles. The summed E-state index contributed by atoms with van der Waals surface area (Å²) in [5.74, 6) is 0.530. The van der Waals surface area contributed by atoms with Crippen LogP contribution in [0.15, 0.2) is 18.3 Å². The SMILES string of the molecule is CCN(C)C(=O)N1CCN(c2ccc(N)nc2)CC1. The predicted octanol–water partition coefficient (Wildman–Crippen LogP) is 0.857. The van der Waals surface area contributed by atoms with Gasteiger partial charge in [0.25, 0.3) is 0 Å². The molecule has 1 aromatic rings. The summed E-state index contributed by atoms with van der Waals surface area (Å²) in [5, 5.41) is 0. The van der Waals surface area contributed by atoms with E-state index in [0.717, 1.165) is 38.4 Å². The van der Waals surface area contributed by atoms with Gasteiger partial charge in [0.05, 0.1) is 11.9 Å². The van der Waals surface area contributed by atoms with Crippen molar-refractivity contribution in [3.05, 3.63) is 18.3 Å². The molecule has 2 rings (SSSR count). The van der Waals surface area contributed by atoms with Gasteiger partial charge in [-0.05, 0) is 19.1 Å². The fraction of sp³-hybridized carbons (Fsp3) is 0.538. The van der Waals surface area contributed by atoms with Crippen LogP contribution in [-0.4, -0.2) is 60.6 Å². The van der Waals surface area contributed by atoms with Crippen molar-refractivity contribution in [1.82, 2.24) is 14.8 Å². The van der Waals surface area contributed by atoms with Crippen LogP contribution in [-0.2, 0) is 0 Å². The molecule has 0 saturated carbocycles. The van der Waals surface area contributed by atoms with Crippen LogP contribution in [0.3, 0.4) is 0 Å². The Morgan fingerprint density at radius 3 is 2.58 bits per heavy atom. The summed E-state index contributed by atoms with van der Waals surface area (Å²) in [4.78, 5) is 22.0. The molecule has 1 saturated heterocycles. The number of urea groups is 1. The average molecular weight is 263 g/mol. The third-order valence-electron chi connectivity index (χ3n) is 3.49. The molecule has 1 fully saturated rings. The number of amides is 2. The number of carbonyl (C=O) groups excluding carboxylic acids is 1. The van der Waals surface area contributed by atoms with Crippen LogP contribution < -0.4 is 10.6 Å². The largest absolute Gasteiger partial charge is 0.384 e. The molecule has 0 aromatic carbocycles. The second kappa shape index (κ2) is 5.77. The predicted molar refractivity (Wildman–Crippen MR) is 76.1 cm³/mol. The molecule has 1 aliphatic heterocycles. The van der Waals surface area contributed by atoms with Gasteiger partial charge in [-0.25, -0.2) is 9.78 Å². The molecule has 2 heterocycles. The van der Waals surface area contributed by atoms with Gasteiger partial charge in [-0.15, -0.1) is 0 Å². The Morgan fingerprint density at radius 1 is 1.37 bits per heavy atom. The van der Waals surface area contributed by atoms with Gasteiger partial charge >= 0.3 is 6.03 Å². The summed E-state index contributed by atoms with van der Waals surface area (Å²) in [7, 11) is 1.83. The van der Waals surface area contributed by atoms with Crippen molar-refractivity contribution in [1.29, 1.82) is 0 Å². The van der Waals surface area contributed by atoms with Gasteiger partial charge in [-0.1, -0.05) is 0 Å². The molecule has 1 aliphatic rings. The third-order valence-corrected chi connectivity index (χ3v) is 3.49. The quantitative estimate of drug-likeness (QED) is 0.859. The zero-order chi connectivity index (χ0) is 13.8. The van der Waals surface area contributed by atoms with Gasteiger partial charge in [0.2, 0.25) is 0 Å². The highest BCUT2D eigenvalue weighted by molar-refractivity contribution is 5.74. The standard InChI is InChI=1S/C13H21N5O/c1-3-16(2)13(19)18-8-6-17(7-9-18)11-4-5-12(14)15-10-11/h4-5,10H,3,6-9H2,1-2H3,(H2,14,15). The lowest BCUT2D eigenvalue weighted by atomic mass is 10.3. The highest BCUT2D eigenvalue weighted by atomic mass is 16.2. The number of nitrogens with zero attached hydrogens (tertiary/aromatic N) is 4. The van der Waals surface area contributed by atoms with Gasteiger partial charge in [0, 0.05) is 39.8 Å². The van der Waals surface area contributed by atoms with Crippen molar-refractivity contribution >= 4 is 17.5 Å². The maximum atomic E-state index is 12.0. The van der Waals surface area contributed by atoms with Gasteiger partial charge in [0.15, 0.2) is 0 Å². The molecular weight excluding hydrogens is 242 g/mol. The minimum Gasteiger partial charge on any atom is -0.384 e. The average Bonchev–Trinajstić information content (AvgIpc) is 2.46. The number of nitrogens with two attached hydrogens (primary N) is 1. The first-order chi connectivity index (χ1) is 9.11. The van der Waals surface area contributed by atoms with E-state index >= 15 is 0 Å². The summed E-state index contributed by atoms with van der Waals surface area (Å²) in [5.41, 5.74) is 6.64. The molecule has 19 heavy (non-hydrogen) atoms. The monoisotopic (exact) mass is 263 g/mol. The summed E-state index contributed by atoms with van der Waals surface area (Å²) in [6.45, 7) is 5.86. The molecule has 0 unspecified atom stereocenters. The van der Waals surface area contributed by atoms with E-state index in [1.54, 1.807) is 17.2 Å². The smallest absolute Gasteiger partial charge is 0.319 e. The number of piperazine rings is 1. The summed E-state index contributed by atoms with van der Waals surface area (Å²) in [6, 6.07) is 3.88. The van der Waals surface area contributed by atoms with Gasteiger partial charge in [0.1, 0.15) is 5.82 Å². The summed E-state index contributed by atoms with van der Waals surface area (Å²) >= 11 is 0. The first-order valence-corrected chi connectivity index (χ1v) is 6.58. The van der Waals surface area contributed by atoms with E-state index in [1.807, 2.05) is 24.9 Å². The lowest BCUT2D eigenvalue weighted by molar-refractivity contribution is 0.161. The van der Waals surface area contributed by atoms with Crippen molar-refractivity contribution in [2.24, 2.45) is 0 Å². The topological polar surface area (TPSA) is 65.7 Å². The minimum atomic E-state index is 0.109. The van der Waals surface area contributed by atoms with E-state index in [4.69, 9.17) is 5.73 Å². The Balaban J connectivity index is 1.92. The number of pyridine rings is 1. The van der Waals surface area contributed by atoms with Crippen molar-refractivity contribution in [2.75, 3.05) is 50.4 Å². The van der Waals surface area contributed by atoms with Crippen LogP contribution in [0, 0.1) is 0 Å². The molecule has 0 radical (unpaired) electrons. The van der Waals surface area contributed by atoms with Crippen LogP contribution in [0.2, 0.25) is 0 Å². The number of anilines is 2. The van der Waals surface area contributed by atoms with Crippen LogP contribution in [0.25, 0.3) is 0 Å². The van der Waals surface area contributed by atoms with Crippen molar-refractivity contribution in [3.8, 4) is 0 Å². The van der Waals surface area contributed by atoms with E-state index in [9.17, 15) is 4.79 Å². The van der Waals surface area contributed by atoms with Crippen LogP contribution >= 0.6 is 0 Å². The Hall–Kier alpha value is -1.98. The first kappa shape index (κ1) is 13.5. The van der Waals surface area contributed by atoms with Crippen molar-refractivity contribution in [2.45, 2.75) is 6.92 Å². The van der Waals surface area contributed by atoms with E-state index in [0.29, 0.717) is 5.82 Å². The van der Waals surface area contributed by atoms with Crippen LogP contribution in [0.4, 0.5) is 16.3 Å². The molecule has 0 spiro atoms. The van der Waals surface area contributed by atoms with E-state index in [-0.39, 0.29) is 6.03 Å². The molecule has 1 aromatic heterocycles. The highest BCUT2D eigenvalue weighted by Crippen LogP contribution is 2.16. The Bertz CT molecular complexity index is 425. The normalized spacial score (nSPS) is 15.5. The van der Waals surface area contributed by atoms with Gasteiger partial charge < -0.3 is 20.4 Å². The number of nitrogen functional groups attached to an aromatic ring is 1. The van der Waals surface area contributed by atoms with Gasteiger partial charge in [-0.3, -0.25) is 0 Å². The van der Waals surface area contributed by atoms with Crippen molar-refractivity contribution < 1.29 is 4.79 Å².